The Morgan fingerprint density at radius 1 is 1.44 bits per heavy atom. The normalized spacial score (nSPS) is 16.1. The van der Waals surface area contributed by atoms with Crippen LogP contribution in [-0.2, 0) is 13.5 Å². The minimum absolute atomic E-state index is 0.237. The SMILES string of the molecule is Cc1nn(C)c(C)c1CCNC(=O)N[C@H]1CCOc2c(F)cccc21. The number of nitrogens with zero attached hydrogens (tertiary/aromatic N) is 2. The molecule has 2 heterocycles. The molecule has 0 bridgehead atoms. The van der Waals surface area contributed by atoms with Crippen LogP contribution in [0, 0.1) is 19.7 Å². The molecule has 0 radical (unpaired) electrons. The van der Waals surface area contributed by atoms with Gasteiger partial charge in [-0.1, -0.05) is 12.1 Å². The first-order valence-corrected chi connectivity index (χ1v) is 8.42. The van der Waals surface area contributed by atoms with Gasteiger partial charge in [0.05, 0.1) is 18.3 Å². The first kappa shape index (κ1) is 17.3. The summed E-state index contributed by atoms with van der Waals surface area (Å²) in [5.41, 5.74) is 3.92. The van der Waals surface area contributed by atoms with Gasteiger partial charge in [0.2, 0.25) is 0 Å². The van der Waals surface area contributed by atoms with Crippen molar-refractivity contribution in [2.24, 2.45) is 7.05 Å². The van der Waals surface area contributed by atoms with Gasteiger partial charge in [0.15, 0.2) is 11.6 Å². The number of rotatable bonds is 4. The highest BCUT2D eigenvalue weighted by atomic mass is 19.1. The van der Waals surface area contributed by atoms with E-state index in [0.717, 1.165) is 23.4 Å². The number of hydrogen-bond acceptors (Lipinski definition) is 3. The predicted octanol–water partition coefficient (Wildman–Crippen LogP) is 2.54. The summed E-state index contributed by atoms with van der Waals surface area (Å²) in [5, 5.41) is 10.1. The lowest BCUT2D eigenvalue weighted by atomic mass is 10.0. The molecule has 2 N–H and O–H groups in total. The second-order valence-electron chi connectivity index (χ2n) is 6.27. The Morgan fingerprint density at radius 2 is 2.24 bits per heavy atom. The van der Waals surface area contributed by atoms with E-state index in [2.05, 4.69) is 15.7 Å². The number of urea groups is 1. The largest absolute Gasteiger partial charge is 0.490 e. The fourth-order valence-electron chi connectivity index (χ4n) is 3.23. The van der Waals surface area contributed by atoms with Gasteiger partial charge in [-0.2, -0.15) is 5.10 Å². The zero-order valence-corrected chi connectivity index (χ0v) is 14.7. The van der Waals surface area contributed by atoms with Crippen molar-refractivity contribution >= 4 is 6.03 Å². The molecule has 1 aromatic carbocycles. The van der Waals surface area contributed by atoms with E-state index in [1.165, 1.54) is 6.07 Å². The van der Waals surface area contributed by atoms with Gasteiger partial charge in [-0.05, 0) is 31.9 Å². The molecule has 1 aliphatic heterocycles. The lowest BCUT2D eigenvalue weighted by molar-refractivity contribution is 0.220. The van der Waals surface area contributed by atoms with Crippen molar-refractivity contribution in [2.75, 3.05) is 13.2 Å². The predicted molar refractivity (Wildman–Crippen MR) is 92.2 cm³/mol. The molecule has 0 unspecified atom stereocenters. The lowest BCUT2D eigenvalue weighted by Gasteiger charge is -2.27. The summed E-state index contributed by atoms with van der Waals surface area (Å²) in [4.78, 5) is 12.2. The molecule has 6 nitrogen and oxygen atoms in total. The number of aromatic nitrogens is 2. The summed E-state index contributed by atoms with van der Waals surface area (Å²) in [5.74, 6) is -0.160. The van der Waals surface area contributed by atoms with Crippen LogP contribution >= 0.6 is 0 Å². The number of nitrogens with one attached hydrogen (secondary N) is 2. The Morgan fingerprint density at radius 3 is 2.96 bits per heavy atom. The van der Waals surface area contributed by atoms with Gasteiger partial charge in [0.1, 0.15) is 0 Å². The van der Waals surface area contributed by atoms with E-state index in [1.807, 2.05) is 25.6 Å². The summed E-state index contributed by atoms with van der Waals surface area (Å²) < 4.78 is 21.0. The Hall–Kier alpha value is -2.57. The molecule has 25 heavy (non-hydrogen) atoms. The Bertz CT molecular complexity index is 788. The number of halogens is 1. The number of fused-ring (bicyclic) bond motifs is 1. The molecule has 0 fully saturated rings. The molecule has 7 heteroatoms. The second-order valence-corrected chi connectivity index (χ2v) is 6.27. The molecule has 0 aliphatic carbocycles. The van der Waals surface area contributed by atoms with Crippen LogP contribution in [0.25, 0.3) is 0 Å². The quantitative estimate of drug-likeness (QED) is 0.894. The highest BCUT2D eigenvalue weighted by Crippen LogP contribution is 2.33. The highest BCUT2D eigenvalue weighted by molar-refractivity contribution is 5.74. The van der Waals surface area contributed by atoms with Crippen molar-refractivity contribution in [3.63, 3.8) is 0 Å². The van der Waals surface area contributed by atoms with Gasteiger partial charge >= 0.3 is 6.03 Å². The maximum atomic E-state index is 13.8. The van der Waals surface area contributed by atoms with E-state index in [1.54, 1.807) is 12.1 Å². The fourth-order valence-corrected chi connectivity index (χ4v) is 3.23. The zero-order chi connectivity index (χ0) is 18.0. The monoisotopic (exact) mass is 346 g/mol. The Labute approximate surface area is 146 Å². The fraction of sp³-hybridized carbons (Fsp3) is 0.444. The van der Waals surface area contributed by atoms with Crippen LogP contribution in [0.3, 0.4) is 0 Å². The van der Waals surface area contributed by atoms with Crippen LogP contribution < -0.4 is 15.4 Å². The first-order valence-electron chi connectivity index (χ1n) is 8.42. The van der Waals surface area contributed by atoms with E-state index >= 15 is 0 Å². The molecular formula is C18H23FN4O2. The van der Waals surface area contributed by atoms with E-state index in [-0.39, 0.29) is 17.8 Å². The number of carbonyl (C=O) groups is 1. The van der Waals surface area contributed by atoms with Gasteiger partial charge < -0.3 is 15.4 Å². The number of ether oxygens (including phenoxy) is 1. The van der Waals surface area contributed by atoms with Crippen molar-refractivity contribution < 1.29 is 13.9 Å². The number of hydrogen-bond donors (Lipinski definition) is 2. The molecule has 2 amide bonds. The third-order valence-electron chi connectivity index (χ3n) is 4.65. The van der Waals surface area contributed by atoms with Gasteiger partial charge in [-0.25, -0.2) is 9.18 Å². The minimum Gasteiger partial charge on any atom is -0.490 e. The number of benzene rings is 1. The average molecular weight is 346 g/mol. The van der Waals surface area contributed by atoms with Gasteiger partial charge in [-0.15, -0.1) is 0 Å². The van der Waals surface area contributed by atoms with E-state index < -0.39 is 5.82 Å². The van der Waals surface area contributed by atoms with Gasteiger partial charge in [0, 0.05) is 31.3 Å². The van der Waals surface area contributed by atoms with Gasteiger partial charge in [0.25, 0.3) is 0 Å². The summed E-state index contributed by atoms with van der Waals surface area (Å²) in [6.45, 7) is 4.88. The van der Waals surface area contributed by atoms with E-state index in [0.29, 0.717) is 25.1 Å². The van der Waals surface area contributed by atoms with E-state index in [9.17, 15) is 9.18 Å². The summed E-state index contributed by atoms with van der Waals surface area (Å²) in [7, 11) is 1.91. The van der Waals surface area contributed by atoms with Crippen LogP contribution in [0.2, 0.25) is 0 Å². The molecule has 0 saturated heterocycles. The molecular weight excluding hydrogens is 323 g/mol. The molecule has 1 aliphatic rings. The summed E-state index contributed by atoms with van der Waals surface area (Å²) in [6.07, 6.45) is 1.34. The maximum absolute atomic E-state index is 13.8. The third kappa shape index (κ3) is 3.60. The smallest absolute Gasteiger partial charge is 0.315 e. The molecule has 3 rings (SSSR count). The Balaban J connectivity index is 1.56. The number of carbonyl (C=O) groups excluding carboxylic acids is 1. The van der Waals surface area contributed by atoms with Crippen molar-refractivity contribution in [3.8, 4) is 5.75 Å². The van der Waals surface area contributed by atoms with Crippen LogP contribution in [0.1, 0.15) is 35.0 Å². The van der Waals surface area contributed by atoms with Crippen molar-refractivity contribution in [3.05, 3.63) is 46.5 Å². The van der Waals surface area contributed by atoms with Crippen LogP contribution in [0.4, 0.5) is 9.18 Å². The Kier molecular flexibility index (Phi) is 4.92. The van der Waals surface area contributed by atoms with Crippen molar-refractivity contribution in [1.82, 2.24) is 20.4 Å². The first-order chi connectivity index (χ1) is 12.0. The minimum atomic E-state index is -0.396. The highest BCUT2D eigenvalue weighted by Gasteiger charge is 2.25. The van der Waals surface area contributed by atoms with Gasteiger partial charge in [-0.3, -0.25) is 4.68 Å². The molecule has 134 valence electrons. The topological polar surface area (TPSA) is 68.2 Å². The van der Waals surface area contributed by atoms with E-state index in [4.69, 9.17) is 4.74 Å². The second kappa shape index (κ2) is 7.13. The van der Waals surface area contributed by atoms with Crippen LogP contribution in [0.15, 0.2) is 18.2 Å². The summed E-state index contributed by atoms with van der Waals surface area (Å²) >= 11 is 0. The molecule has 1 aromatic heterocycles. The maximum Gasteiger partial charge on any atom is 0.315 e. The zero-order valence-electron chi connectivity index (χ0n) is 14.7. The van der Waals surface area contributed by atoms with Crippen LogP contribution in [-0.4, -0.2) is 29.0 Å². The number of amides is 2. The molecule has 1 atom stereocenters. The summed E-state index contributed by atoms with van der Waals surface area (Å²) in [6, 6.07) is 4.26. The van der Waals surface area contributed by atoms with Crippen molar-refractivity contribution in [2.45, 2.75) is 32.7 Å². The molecule has 0 spiro atoms. The molecule has 0 saturated carbocycles. The lowest BCUT2D eigenvalue weighted by Crippen LogP contribution is -2.40. The van der Waals surface area contributed by atoms with Crippen molar-refractivity contribution in [1.29, 1.82) is 0 Å². The average Bonchev–Trinajstić information content (AvgIpc) is 2.82. The standard InChI is InChI=1S/C18H23FN4O2/c1-11-13(12(2)23(3)22-11)7-9-20-18(24)21-16-8-10-25-17-14(16)5-4-6-15(17)19/h4-6,16H,7-10H2,1-3H3,(H2,20,21,24)/t16-/m0/s1. The molecule has 2 aromatic rings. The number of para-hydroxylation sites is 1. The van der Waals surface area contributed by atoms with Crippen LogP contribution in [0.5, 0.6) is 5.75 Å². The third-order valence-corrected chi connectivity index (χ3v) is 4.65. The number of aryl methyl sites for hydroxylation is 2.